The van der Waals surface area contributed by atoms with Gasteiger partial charge in [0.2, 0.25) is 17.5 Å². The average Bonchev–Trinajstić information content (AvgIpc) is 3.44. The Morgan fingerprint density at radius 3 is 2.84 bits per heavy atom. The molecule has 0 radical (unpaired) electrons. The number of carbonyl (C=O) groups is 1. The van der Waals surface area contributed by atoms with Crippen molar-refractivity contribution in [1.82, 2.24) is 24.8 Å². The van der Waals surface area contributed by atoms with Crippen molar-refractivity contribution in [1.29, 1.82) is 0 Å². The van der Waals surface area contributed by atoms with E-state index in [1.54, 1.807) is 25.4 Å². The number of halogens is 1. The zero-order chi connectivity index (χ0) is 21.9. The molecule has 3 aromatic heterocycles. The zero-order valence-corrected chi connectivity index (χ0v) is 17.1. The van der Waals surface area contributed by atoms with Crippen LogP contribution in [0.1, 0.15) is 59.3 Å². The zero-order valence-electron chi connectivity index (χ0n) is 17.1. The number of nitrogens with zero attached hydrogens (tertiary/aromatic N) is 4. The largest absolute Gasteiger partial charge is 0.435 e. The molecule has 0 fully saturated rings. The number of aromatic amines is 1. The molecule has 0 aliphatic carbocycles. The minimum Gasteiger partial charge on any atom is -0.435 e. The molecule has 10 heteroatoms. The van der Waals surface area contributed by atoms with Gasteiger partial charge in [-0.25, -0.2) is 19.3 Å². The Morgan fingerprint density at radius 2 is 2.13 bits per heavy atom. The predicted octanol–water partition coefficient (Wildman–Crippen LogP) is 3.00. The fourth-order valence-electron chi connectivity index (χ4n) is 3.78. The number of nitrogens with one attached hydrogen (secondary N) is 1. The molecule has 2 N–H and O–H groups in total. The van der Waals surface area contributed by atoms with Gasteiger partial charge in [0, 0.05) is 18.7 Å². The Labute approximate surface area is 175 Å². The molecule has 31 heavy (non-hydrogen) atoms. The first kappa shape index (κ1) is 19.4. The van der Waals surface area contributed by atoms with E-state index < -0.39 is 23.4 Å². The summed E-state index contributed by atoms with van der Waals surface area (Å²) in [4.78, 5) is 31.1. The fraction of sp³-hybridized carbons (Fsp3) is 0.333. The molecular formula is C21H20FN5O4. The first-order valence-electron chi connectivity index (χ1n) is 9.82. The van der Waals surface area contributed by atoms with E-state index in [0.29, 0.717) is 29.9 Å². The summed E-state index contributed by atoms with van der Waals surface area (Å²) in [6.45, 7) is 5.02. The lowest BCUT2D eigenvalue weighted by Gasteiger charge is -2.32. The van der Waals surface area contributed by atoms with E-state index in [-0.39, 0.29) is 23.1 Å². The highest BCUT2D eigenvalue weighted by molar-refractivity contribution is 5.93. The minimum atomic E-state index is -1.34. The highest BCUT2D eigenvalue weighted by Crippen LogP contribution is 2.36. The molecular weight excluding hydrogens is 405 g/mol. The lowest BCUT2D eigenvalue weighted by molar-refractivity contribution is 0.0436. The Hall–Kier alpha value is -3.53. The topological polar surface area (TPSA) is 121 Å². The van der Waals surface area contributed by atoms with Crippen molar-refractivity contribution in [3.8, 4) is 0 Å². The molecule has 0 spiro atoms. The SMILES string of the molecule is Cc1nc(C(C)(C)O)oc1C(=O)N1CCc2[nH]cnc2[C@H]1c1nc2cccc(F)c2o1. The Kier molecular flexibility index (Phi) is 4.23. The Bertz CT molecular complexity index is 1300. The molecule has 4 heterocycles. The molecule has 1 aromatic carbocycles. The average molecular weight is 425 g/mol. The summed E-state index contributed by atoms with van der Waals surface area (Å²) in [6.07, 6.45) is 2.08. The van der Waals surface area contributed by atoms with Crippen LogP contribution in [0.15, 0.2) is 33.4 Å². The number of H-pyrrole nitrogens is 1. The van der Waals surface area contributed by atoms with Crippen molar-refractivity contribution < 1.29 is 23.1 Å². The molecule has 0 saturated heterocycles. The van der Waals surface area contributed by atoms with Gasteiger partial charge in [0.1, 0.15) is 11.1 Å². The van der Waals surface area contributed by atoms with Crippen LogP contribution in [-0.2, 0) is 12.0 Å². The Balaban J connectivity index is 1.61. The van der Waals surface area contributed by atoms with Crippen LogP contribution in [0.2, 0.25) is 0 Å². The van der Waals surface area contributed by atoms with Gasteiger partial charge in [0.25, 0.3) is 5.91 Å². The third-order valence-corrected chi connectivity index (χ3v) is 5.32. The summed E-state index contributed by atoms with van der Waals surface area (Å²) in [5.41, 5.74) is 0.822. The van der Waals surface area contributed by atoms with Crippen molar-refractivity contribution >= 4 is 17.0 Å². The van der Waals surface area contributed by atoms with Gasteiger partial charge in [-0.15, -0.1) is 0 Å². The number of oxazole rings is 2. The molecule has 5 rings (SSSR count). The van der Waals surface area contributed by atoms with Gasteiger partial charge >= 0.3 is 0 Å². The molecule has 1 amide bonds. The first-order valence-corrected chi connectivity index (χ1v) is 9.82. The number of aromatic nitrogens is 4. The second-order valence-electron chi connectivity index (χ2n) is 8.05. The van der Waals surface area contributed by atoms with Gasteiger partial charge in [0.05, 0.1) is 17.7 Å². The summed E-state index contributed by atoms with van der Waals surface area (Å²) in [5, 5.41) is 10.2. The normalized spacial score (nSPS) is 16.7. The van der Waals surface area contributed by atoms with Crippen molar-refractivity contribution in [2.45, 2.75) is 38.8 Å². The van der Waals surface area contributed by atoms with Gasteiger partial charge in [-0.2, -0.15) is 0 Å². The quantitative estimate of drug-likeness (QED) is 0.517. The number of aliphatic hydroxyl groups is 1. The van der Waals surface area contributed by atoms with E-state index in [9.17, 15) is 14.3 Å². The van der Waals surface area contributed by atoms with Crippen molar-refractivity contribution in [3.63, 3.8) is 0 Å². The second-order valence-corrected chi connectivity index (χ2v) is 8.05. The van der Waals surface area contributed by atoms with Gasteiger partial charge in [-0.3, -0.25) is 4.79 Å². The van der Waals surface area contributed by atoms with Crippen molar-refractivity contribution in [3.05, 3.63) is 65.0 Å². The second kappa shape index (κ2) is 6.74. The lowest BCUT2D eigenvalue weighted by Crippen LogP contribution is -2.41. The number of hydrogen-bond donors (Lipinski definition) is 2. The van der Waals surface area contributed by atoms with Gasteiger partial charge in [-0.1, -0.05) is 6.07 Å². The number of amides is 1. The number of fused-ring (bicyclic) bond motifs is 2. The molecule has 0 bridgehead atoms. The summed E-state index contributed by atoms with van der Waals surface area (Å²) >= 11 is 0. The number of benzene rings is 1. The molecule has 1 aliphatic rings. The highest BCUT2D eigenvalue weighted by atomic mass is 19.1. The smallest absolute Gasteiger partial charge is 0.292 e. The van der Waals surface area contributed by atoms with Crippen LogP contribution in [0.5, 0.6) is 0 Å². The van der Waals surface area contributed by atoms with Gasteiger partial charge in [-0.05, 0) is 32.9 Å². The van der Waals surface area contributed by atoms with Crippen LogP contribution in [0.4, 0.5) is 4.39 Å². The van der Waals surface area contributed by atoms with E-state index in [0.717, 1.165) is 5.69 Å². The number of rotatable bonds is 3. The van der Waals surface area contributed by atoms with Crippen LogP contribution in [0, 0.1) is 12.7 Å². The molecule has 0 unspecified atom stereocenters. The van der Waals surface area contributed by atoms with E-state index in [1.165, 1.54) is 24.8 Å². The summed E-state index contributed by atoms with van der Waals surface area (Å²) in [5.74, 6) is -0.758. The van der Waals surface area contributed by atoms with Crippen LogP contribution in [-0.4, -0.2) is 42.4 Å². The molecule has 160 valence electrons. The lowest BCUT2D eigenvalue weighted by atomic mass is 10.0. The molecule has 1 aliphatic heterocycles. The van der Waals surface area contributed by atoms with Crippen molar-refractivity contribution in [2.75, 3.05) is 6.54 Å². The third kappa shape index (κ3) is 3.10. The van der Waals surface area contributed by atoms with Crippen LogP contribution < -0.4 is 0 Å². The van der Waals surface area contributed by atoms with E-state index in [1.807, 2.05) is 0 Å². The molecule has 9 nitrogen and oxygen atoms in total. The summed E-state index contributed by atoms with van der Waals surface area (Å²) in [7, 11) is 0. The van der Waals surface area contributed by atoms with Gasteiger partial charge < -0.3 is 23.8 Å². The molecule has 0 saturated carbocycles. The monoisotopic (exact) mass is 425 g/mol. The van der Waals surface area contributed by atoms with Crippen molar-refractivity contribution in [2.24, 2.45) is 0 Å². The number of carbonyl (C=O) groups excluding carboxylic acids is 1. The highest BCUT2D eigenvalue weighted by Gasteiger charge is 2.40. The number of imidazole rings is 1. The fourth-order valence-corrected chi connectivity index (χ4v) is 3.78. The van der Waals surface area contributed by atoms with E-state index in [2.05, 4.69) is 19.9 Å². The first-order chi connectivity index (χ1) is 14.7. The maximum absolute atomic E-state index is 14.2. The standard InChI is InChI=1S/C21H20FN5O4/c1-10-16(31-20(25-10)21(2,3)29)19(28)27-8-7-12-14(24-9-23-12)15(27)18-26-13-6-4-5-11(22)17(13)30-18/h4-6,9,15,29H,7-8H2,1-3H3,(H,23,24)/t15-/m0/s1. The molecule has 1 atom stereocenters. The minimum absolute atomic E-state index is 0.0170. The van der Waals surface area contributed by atoms with Crippen LogP contribution >= 0.6 is 0 Å². The third-order valence-electron chi connectivity index (χ3n) is 5.32. The van der Waals surface area contributed by atoms with Crippen LogP contribution in [0.3, 0.4) is 0 Å². The maximum atomic E-state index is 14.2. The molecule has 4 aromatic rings. The number of hydrogen-bond acceptors (Lipinski definition) is 7. The Morgan fingerprint density at radius 1 is 1.32 bits per heavy atom. The predicted molar refractivity (Wildman–Crippen MR) is 106 cm³/mol. The van der Waals surface area contributed by atoms with E-state index >= 15 is 0 Å². The maximum Gasteiger partial charge on any atom is 0.292 e. The van der Waals surface area contributed by atoms with E-state index in [4.69, 9.17) is 8.83 Å². The summed E-state index contributed by atoms with van der Waals surface area (Å²) in [6, 6.07) is 3.70. The van der Waals surface area contributed by atoms with Crippen LogP contribution in [0.25, 0.3) is 11.1 Å². The number of aryl methyl sites for hydroxylation is 1. The van der Waals surface area contributed by atoms with Gasteiger partial charge in [0.15, 0.2) is 17.4 Å². The number of para-hydroxylation sites is 1. The summed E-state index contributed by atoms with van der Waals surface area (Å²) < 4.78 is 25.6.